The maximum Gasteiger partial charge on any atom is 0.203 e. The summed E-state index contributed by atoms with van der Waals surface area (Å²) < 4.78 is 7.48. The van der Waals surface area contributed by atoms with Gasteiger partial charge in [-0.3, -0.25) is 4.40 Å². The lowest BCUT2D eigenvalue weighted by atomic mass is 10.2. The first-order valence-electron chi connectivity index (χ1n) is 7.90. The number of nitrogens with zero attached hydrogens (tertiary/aromatic N) is 5. The van der Waals surface area contributed by atoms with Gasteiger partial charge in [0.05, 0.1) is 7.11 Å². The molecule has 3 aromatic rings. The molecule has 24 heavy (non-hydrogen) atoms. The SMILES string of the molecule is COc1ccc(Cl)cc1CN(C)c1nccn2c(C3CC3)nnc12. The van der Waals surface area contributed by atoms with Gasteiger partial charge < -0.3 is 9.64 Å². The maximum atomic E-state index is 6.13. The van der Waals surface area contributed by atoms with Gasteiger partial charge in [0.25, 0.3) is 0 Å². The van der Waals surface area contributed by atoms with Crippen molar-refractivity contribution in [3.05, 3.63) is 47.0 Å². The molecule has 0 bridgehead atoms. The summed E-state index contributed by atoms with van der Waals surface area (Å²) in [4.78, 5) is 6.54. The molecule has 0 radical (unpaired) electrons. The third-order valence-corrected chi connectivity index (χ3v) is 4.52. The molecule has 0 N–H and O–H groups in total. The van der Waals surface area contributed by atoms with E-state index in [9.17, 15) is 0 Å². The first-order chi connectivity index (χ1) is 11.7. The molecule has 0 saturated heterocycles. The van der Waals surface area contributed by atoms with Crippen molar-refractivity contribution >= 4 is 23.1 Å². The summed E-state index contributed by atoms with van der Waals surface area (Å²) in [5.41, 5.74) is 1.78. The summed E-state index contributed by atoms with van der Waals surface area (Å²) in [7, 11) is 3.64. The van der Waals surface area contributed by atoms with Crippen molar-refractivity contribution in [2.45, 2.75) is 25.3 Å². The van der Waals surface area contributed by atoms with E-state index in [-0.39, 0.29) is 0 Å². The van der Waals surface area contributed by atoms with E-state index in [1.165, 1.54) is 12.8 Å². The summed E-state index contributed by atoms with van der Waals surface area (Å²) in [5.74, 6) is 3.16. The summed E-state index contributed by atoms with van der Waals surface area (Å²) in [6, 6.07) is 5.61. The van der Waals surface area contributed by atoms with Crippen LogP contribution in [0.4, 0.5) is 5.82 Å². The summed E-state index contributed by atoms with van der Waals surface area (Å²) in [6.07, 6.45) is 6.10. The second-order valence-electron chi connectivity index (χ2n) is 6.09. The maximum absolute atomic E-state index is 6.13. The van der Waals surface area contributed by atoms with Gasteiger partial charge in [0, 0.05) is 42.5 Å². The van der Waals surface area contributed by atoms with Crippen molar-refractivity contribution in [2.24, 2.45) is 0 Å². The minimum absolute atomic E-state index is 0.536. The highest BCUT2D eigenvalue weighted by Crippen LogP contribution is 2.39. The molecule has 1 aromatic carbocycles. The Kier molecular flexibility index (Phi) is 3.76. The van der Waals surface area contributed by atoms with Crippen LogP contribution < -0.4 is 9.64 Å². The largest absolute Gasteiger partial charge is 0.496 e. The fourth-order valence-corrected chi connectivity index (χ4v) is 3.12. The Morgan fingerprint density at radius 3 is 2.92 bits per heavy atom. The van der Waals surface area contributed by atoms with Crippen LogP contribution in [0.3, 0.4) is 0 Å². The van der Waals surface area contributed by atoms with E-state index < -0.39 is 0 Å². The molecule has 1 aliphatic carbocycles. The molecular weight excluding hydrogens is 326 g/mol. The number of hydrogen-bond acceptors (Lipinski definition) is 5. The van der Waals surface area contributed by atoms with Gasteiger partial charge in [-0.25, -0.2) is 4.98 Å². The summed E-state index contributed by atoms with van der Waals surface area (Å²) in [5, 5.41) is 9.39. The fourth-order valence-electron chi connectivity index (χ4n) is 2.92. The molecule has 1 fully saturated rings. The molecule has 1 aliphatic rings. The Morgan fingerprint density at radius 2 is 2.17 bits per heavy atom. The molecule has 0 amide bonds. The standard InChI is InChI=1S/C17H18ClN5O/c1-22(10-12-9-13(18)5-6-14(12)24-2)16-17-21-20-15(11-3-4-11)23(17)8-7-19-16/h5-9,11H,3-4,10H2,1-2H3. The molecule has 7 heteroatoms. The van der Waals surface area contributed by atoms with Gasteiger partial charge in [0.15, 0.2) is 5.82 Å². The second kappa shape index (κ2) is 5.94. The average molecular weight is 344 g/mol. The van der Waals surface area contributed by atoms with Crippen LogP contribution in [-0.2, 0) is 6.54 Å². The Hall–Kier alpha value is -2.34. The number of fused-ring (bicyclic) bond motifs is 1. The van der Waals surface area contributed by atoms with Crippen molar-refractivity contribution in [3.8, 4) is 5.75 Å². The molecular formula is C17H18ClN5O. The number of rotatable bonds is 5. The molecule has 4 rings (SSSR count). The topological polar surface area (TPSA) is 55.5 Å². The average Bonchev–Trinajstić information content (AvgIpc) is 3.33. The number of anilines is 1. The van der Waals surface area contributed by atoms with E-state index in [0.717, 1.165) is 28.6 Å². The zero-order valence-electron chi connectivity index (χ0n) is 13.6. The van der Waals surface area contributed by atoms with Crippen LogP contribution in [0.5, 0.6) is 5.75 Å². The van der Waals surface area contributed by atoms with Gasteiger partial charge in [-0.15, -0.1) is 10.2 Å². The van der Waals surface area contributed by atoms with Crippen molar-refractivity contribution in [1.29, 1.82) is 0 Å². The van der Waals surface area contributed by atoms with E-state index in [1.54, 1.807) is 13.3 Å². The van der Waals surface area contributed by atoms with E-state index in [1.807, 2.05) is 40.7 Å². The smallest absolute Gasteiger partial charge is 0.203 e. The van der Waals surface area contributed by atoms with Gasteiger partial charge in [-0.2, -0.15) is 0 Å². The zero-order chi connectivity index (χ0) is 16.7. The number of hydrogen-bond donors (Lipinski definition) is 0. The number of methoxy groups -OCH3 is 1. The Morgan fingerprint density at radius 1 is 1.33 bits per heavy atom. The van der Waals surface area contributed by atoms with E-state index in [4.69, 9.17) is 16.3 Å². The van der Waals surface area contributed by atoms with Gasteiger partial charge in [-0.1, -0.05) is 11.6 Å². The van der Waals surface area contributed by atoms with E-state index in [2.05, 4.69) is 15.2 Å². The first kappa shape index (κ1) is 15.2. The minimum atomic E-state index is 0.536. The van der Waals surface area contributed by atoms with Crippen molar-refractivity contribution in [2.75, 3.05) is 19.1 Å². The van der Waals surface area contributed by atoms with Crippen LogP contribution in [0.25, 0.3) is 5.65 Å². The third-order valence-electron chi connectivity index (χ3n) is 4.29. The van der Waals surface area contributed by atoms with Crippen LogP contribution >= 0.6 is 11.6 Å². The summed E-state index contributed by atoms with van der Waals surface area (Å²) in [6.45, 7) is 0.613. The van der Waals surface area contributed by atoms with Crippen molar-refractivity contribution in [1.82, 2.24) is 19.6 Å². The summed E-state index contributed by atoms with van der Waals surface area (Å²) >= 11 is 6.13. The third kappa shape index (κ3) is 2.67. The van der Waals surface area contributed by atoms with Crippen LogP contribution in [0.2, 0.25) is 5.02 Å². The van der Waals surface area contributed by atoms with Crippen LogP contribution in [-0.4, -0.2) is 33.7 Å². The Bertz CT molecular complexity index is 890. The molecule has 2 aromatic heterocycles. The van der Waals surface area contributed by atoms with Crippen LogP contribution in [0.15, 0.2) is 30.6 Å². The van der Waals surface area contributed by atoms with Gasteiger partial charge >= 0.3 is 0 Å². The minimum Gasteiger partial charge on any atom is -0.496 e. The highest BCUT2D eigenvalue weighted by Gasteiger charge is 2.29. The predicted molar refractivity (Wildman–Crippen MR) is 92.9 cm³/mol. The quantitative estimate of drug-likeness (QED) is 0.711. The molecule has 1 saturated carbocycles. The van der Waals surface area contributed by atoms with Gasteiger partial charge in [-0.05, 0) is 31.0 Å². The fraction of sp³-hybridized carbons (Fsp3) is 0.353. The lowest BCUT2D eigenvalue weighted by Gasteiger charge is -2.20. The second-order valence-corrected chi connectivity index (χ2v) is 6.53. The lowest BCUT2D eigenvalue weighted by Crippen LogP contribution is -2.19. The zero-order valence-corrected chi connectivity index (χ0v) is 14.4. The van der Waals surface area contributed by atoms with Gasteiger partial charge in [0.1, 0.15) is 11.6 Å². The Labute approximate surface area is 145 Å². The molecule has 6 nitrogen and oxygen atoms in total. The van der Waals surface area contributed by atoms with Crippen molar-refractivity contribution in [3.63, 3.8) is 0 Å². The highest BCUT2D eigenvalue weighted by atomic mass is 35.5. The van der Waals surface area contributed by atoms with E-state index >= 15 is 0 Å². The predicted octanol–water partition coefficient (Wildman–Crippen LogP) is 3.30. The molecule has 0 unspecified atom stereocenters. The van der Waals surface area contributed by atoms with Crippen molar-refractivity contribution < 1.29 is 4.74 Å². The number of halogens is 1. The Balaban J connectivity index is 1.69. The number of benzene rings is 1. The highest BCUT2D eigenvalue weighted by molar-refractivity contribution is 6.30. The number of aromatic nitrogens is 4. The lowest BCUT2D eigenvalue weighted by molar-refractivity contribution is 0.409. The molecule has 0 atom stereocenters. The van der Waals surface area contributed by atoms with E-state index in [0.29, 0.717) is 17.5 Å². The first-order valence-corrected chi connectivity index (χ1v) is 8.28. The molecule has 0 aliphatic heterocycles. The molecule has 124 valence electrons. The number of ether oxygens (including phenoxy) is 1. The molecule has 2 heterocycles. The van der Waals surface area contributed by atoms with Crippen LogP contribution in [0.1, 0.15) is 30.1 Å². The van der Waals surface area contributed by atoms with Crippen LogP contribution in [0, 0.1) is 0 Å². The molecule has 0 spiro atoms. The normalized spacial score (nSPS) is 14.1. The van der Waals surface area contributed by atoms with Gasteiger partial charge in [0.2, 0.25) is 5.65 Å². The monoisotopic (exact) mass is 343 g/mol.